The number of carbonyl (C=O) groups excluding carboxylic acids is 1. The molecule has 17 heavy (non-hydrogen) atoms. The van der Waals surface area contributed by atoms with Crippen molar-refractivity contribution in [2.45, 2.75) is 20.3 Å². The van der Waals surface area contributed by atoms with Gasteiger partial charge in [0.2, 0.25) is 5.91 Å². The number of rotatable bonds is 2. The van der Waals surface area contributed by atoms with Crippen LogP contribution in [0.2, 0.25) is 0 Å². The Hall–Kier alpha value is -1.84. The molecule has 1 atom stereocenters. The number of aliphatic carboxylic acids is 1. The molecule has 1 saturated heterocycles. The second-order valence-electron chi connectivity index (χ2n) is 4.44. The number of anilines is 1. The molecular weight excluding hydrogens is 218 g/mol. The Morgan fingerprint density at radius 1 is 1.35 bits per heavy atom. The molecule has 0 radical (unpaired) electrons. The summed E-state index contributed by atoms with van der Waals surface area (Å²) in [6.45, 7) is 4.47. The van der Waals surface area contributed by atoms with Crippen molar-refractivity contribution in [3.63, 3.8) is 0 Å². The van der Waals surface area contributed by atoms with E-state index in [1.54, 1.807) is 4.90 Å². The first-order chi connectivity index (χ1) is 8.00. The van der Waals surface area contributed by atoms with E-state index in [-0.39, 0.29) is 5.91 Å². The van der Waals surface area contributed by atoms with Crippen LogP contribution in [0.25, 0.3) is 0 Å². The van der Waals surface area contributed by atoms with E-state index in [0.29, 0.717) is 13.0 Å². The first-order valence-electron chi connectivity index (χ1n) is 5.62. The van der Waals surface area contributed by atoms with Crippen LogP contribution in [0.3, 0.4) is 0 Å². The lowest BCUT2D eigenvalue weighted by molar-refractivity contribution is -0.144. The lowest BCUT2D eigenvalue weighted by Gasteiger charge is -2.17. The van der Waals surface area contributed by atoms with Gasteiger partial charge in [-0.25, -0.2) is 0 Å². The standard InChI is InChI=1S/C13H15NO3/c1-8-3-4-10(7-9(8)2)14-6-5-11(12(14)15)13(16)17/h3-4,7,11H,5-6H2,1-2H3,(H,16,17)/t11-/m0/s1. The fourth-order valence-electron chi connectivity index (χ4n) is 2.06. The number of carboxylic acids is 1. The maximum atomic E-state index is 11.9. The molecule has 0 aromatic heterocycles. The summed E-state index contributed by atoms with van der Waals surface area (Å²) in [4.78, 5) is 24.3. The van der Waals surface area contributed by atoms with E-state index in [1.165, 1.54) is 0 Å². The second-order valence-corrected chi connectivity index (χ2v) is 4.44. The fraction of sp³-hybridized carbons (Fsp3) is 0.385. The van der Waals surface area contributed by atoms with Crippen LogP contribution in [0.5, 0.6) is 0 Å². The van der Waals surface area contributed by atoms with Crippen LogP contribution in [0, 0.1) is 19.8 Å². The van der Waals surface area contributed by atoms with Gasteiger partial charge < -0.3 is 10.0 Å². The molecule has 0 saturated carbocycles. The number of benzene rings is 1. The minimum absolute atomic E-state index is 0.305. The molecule has 0 spiro atoms. The lowest BCUT2D eigenvalue weighted by atomic mass is 10.1. The minimum Gasteiger partial charge on any atom is -0.481 e. The van der Waals surface area contributed by atoms with Gasteiger partial charge in [0, 0.05) is 12.2 Å². The summed E-state index contributed by atoms with van der Waals surface area (Å²) in [7, 11) is 0. The molecule has 1 aliphatic rings. The molecule has 4 heteroatoms. The molecule has 1 heterocycles. The van der Waals surface area contributed by atoms with E-state index in [4.69, 9.17) is 5.11 Å². The minimum atomic E-state index is -1.03. The molecule has 90 valence electrons. The first-order valence-corrected chi connectivity index (χ1v) is 5.62. The Morgan fingerprint density at radius 3 is 2.59 bits per heavy atom. The van der Waals surface area contributed by atoms with Crippen molar-refractivity contribution in [1.29, 1.82) is 0 Å². The Morgan fingerprint density at radius 2 is 2.06 bits per heavy atom. The van der Waals surface area contributed by atoms with E-state index in [2.05, 4.69) is 0 Å². The highest BCUT2D eigenvalue weighted by Crippen LogP contribution is 2.26. The smallest absolute Gasteiger partial charge is 0.316 e. The summed E-state index contributed by atoms with van der Waals surface area (Å²) >= 11 is 0. The number of carbonyl (C=O) groups is 2. The SMILES string of the molecule is Cc1ccc(N2CC[C@H](C(=O)O)C2=O)cc1C. The number of hydrogen-bond donors (Lipinski definition) is 1. The molecule has 4 nitrogen and oxygen atoms in total. The van der Waals surface area contributed by atoms with Gasteiger partial charge in [-0.1, -0.05) is 6.07 Å². The summed E-state index contributed by atoms with van der Waals surface area (Å²) in [5, 5.41) is 8.90. The first kappa shape index (κ1) is 11.6. The number of aryl methyl sites for hydroxylation is 2. The molecule has 0 unspecified atom stereocenters. The Bertz CT molecular complexity index is 482. The zero-order chi connectivity index (χ0) is 12.6. The number of nitrogens with zero attached hydrogens (tertiary/aromatic N) is 1. The van der Waals surface area contributed by atoms with Crippen molar-refractivity contribution in [2.24, 2.45) is 5.92 Å². The zero-order valence-electron chi connectivity index (χ0n) is 9.93. The summed E-state index contributed by atoms with van der Waals surface area (Å²) in [5.74, 6) is -2.21. The van der Waals surface area contributed by atoms with Gasteiger partial charge in [0.25, 0.3) is 0 Å². The van der Waals surface area contributed by atoms with E-state index in [1.807, 2.05) is 32.0 Å². The van der Waals surface area contributed by atoms with Crippen LogP contribution in [0.15, 0.2) is 18.2 Å². The van der Waals surface area contributed by atoms with Crippen molar-refractivity contribution >= 4 is 17.6 Å². The van der Waals surface area contributed by atoms with Crippen LogP contribution >= 0.6 is 0 Å². The van der Waals surface area contributed by atoms with Crippen LogP contribution in [0.4, 0.5) is 5.69 Å². The van der Waals surface area contributed by atoms with E-state index in [0.717, 1.165) is 16.8 Å². The third-order valence-corrected chi connectivity index (χ3v) is 3.31. The summed E-state index contributed by atoms with van der Waals surface area (Å²) < 4.78 is 0. The predicted octanol–water partition coefficient (Wildman–Crippen LogP) is 1.74. The van der Waals surface area contributed by atoms with Gasteiger partial charge in [-0.15, -0.1) is 0 Å². The van der Waals surface area contributed by atoms with Gasteiger partial charge in [-0.05, 0) is 43.5 Å². The normalized spacial score (nSPS) is 19.8. The van der Waals surface area contributed by atoms with Crippen LogP contribution in [-0.4, -0.2) is 23.5 Å². The number of hydrogen-bond acceptors (Lipinski definition) is 2. The van der Waals surface area contributed by atoms with Crippen molar-refractivity contribution in [2.75, 3.05) is 11.4 Å². The summed E-state index contributed by atoms with van der Waals surface area (Å²) in [6.07, 6.45) is 0.390. The van der Waals surface area contributed by atoms with Gasteiger partial charge in [0.1, 0.15) is 5.92 Å². The average molecular weight is 233 g/mol. The fourth-order valence-corrected chi connectivity index (χ4v) is 2.06. The van der Waals surface area contributed by atoms with Gasteiger partial charge >= 0.3 is 5.97 Å². The van der Waals surface area contributed by atoms with E-state index >= 15 is 0 Å². The van der Waals surface area contributed by atoms with Crippen LogP contribution < -0.4 is 4.90 Å². The molecule has 1 aromatic carbocycles. The average Bonchev–Trinajstić information content (AvgIpc) is 2.64. The van der Waals surface area contributed by atoms with Crippen LogP contribution in [0.1, 0.15) is 17.5 Å². The number of amides is 1. The summed E-state index contributed by atoms with van der Waals surface area (Å²) in [5.41, 5.74) is 3.06. The maximum absolute atomic E-state index is 11.9. The Labute approximate surface area is 99.9 Å². The largest absolute Gasteiger partial charge is 0.481 e. The molecular formula is C13H15NO3. The molecule has 2 rings (SSSR count). The highest BCUT2D eigenvalue weighted by molar-refractivity contribution is 6.07. The summed E-state index contributed by atoms with van der Waals surface area (Å²) in [6, 6.07) is 5.74. The van der Waals surface area contributed by atoms with Gasteiger partial charge in [-0.2, -0.15) is 0 Å². The molecule has 0 bridgehead atoms. The molecule has 0 aliphatic carbocycles. The van der Waals surface area contributed by atoms with Gasteiger partial charge in [0.15, 0.2) is 0 Å². The Kier molecular flexibility index (Phi) is 2.88. The van der Waals surface area contributed by atoms with E-state index in [9.17, 15) is 9.59 Å². The third kappa shape index (κ3) is 2.02. The quantitative estimate of drug-likeness (QED) is 0.791. The van der Waals surface area contributed by atoms with Crippen LogP contribution in [-0.2, 0) is 9.59 Å². The zero-order valence-corrected chi connectivity index (χ0v) is 9.93. The molecule has 1 amide bonds. The van der Waals surface area contributed by atoms with Crippen molar-refractivity contribution in [1.82, 2.24) is 0 Å². The van der Waals surface area contributed by atoms with E-state index < -0.39 is 11.9 Å². The predicted molar refractivity (Wildman–Crippen MR) is 64.0 cm³/mol. The second kappa shape index (κ2) is 4.20. The topological polar surface area (TPSA) is 57.6 Å². The lowest BCUT2D eigenvalue weighted by Crippen LogP contribution is -2.30. The number of carboxylic acid groups (broad SMARTS) is 1. The van der Waals surface area contributed by atoms with Crippen molar-refractivity contribution < 1.29 is 14.7 Å². The molecule has 1 N–H and O–H groups in total. The van der Waals surface area contributed by atoms with Crippen molar-refractivity contribution in [3.05, 3.63) is 29.3 Å². The Balaban J connectivity index is 2.27. The van der Waals surface area contributed by atoms with Crippen molar-refractivity contribution in [3.8, 4) is 0 Å². The monoisotopic (exact) mass is 233 g/mol. The molecule has 1 aliphatic heterocycles. The molecule has 1 fully saturated rings. The highest BCUT2D eigenvalue weighted by Gasteiger charge is 2.37. The highest BCUT2D eigenvalue weighted by atomic mass is 16.4. The van der Waals surface area contributed by atoms with Gasteiger partial charge in [-0.3, -0.25) is 9.59 Å². The maximum Gasteiger partial charge on any atom is 0.316 e. The third-order valence-electron chi connectivity index (χ3n) is 3.31. The van der Waals surface area contributed by atoms with Gasteiger partial charge in [0.05, 0.1) is 0 Å². The molecule has 1 aromatic rings.